The average Bonchev–Trinajstić information content (AvgIpc) is 2.72. The van der Waals surface area contributed by atoms with Crippen molar-refractivity contribution in [3.63, 3.8) is 0 Å². The van der Waals surface area contributed by atoms with Gasteiger partial charge >= 0.3 is 0 Å². The lowest BCUT2D eigenvalue weighted by Gasteiger charge is -2.08. The molecule has 0 atom stereocenters. The van der Waals surface area contributed by atoms with Gasteiger partial charge in [-0.25, -0.2) is 4.39 Å². The van der Waals surface area contributed by atoms with E-state index >= 15 is 0 Å². The lowest BCUT2D eigenvalue weighted by molar-refractivity contribution is -0.244. The van der Waals surface area contributed by atoms with E-state index in [9.17, 15) is 9.50 Å². The van der Waals surface area contributed by atoms with Gasteiger partial charge in [0, 0.05) is 0 Å². The van der Waals surface area contributed by atoms with Crippen LogP contribution in [0.3, 0.4) is 0 Å². The number of rotatable bonds is 0. The summed E-state index contributed by atoms with van der Waals surface area (Å²) in [5, 5.41) is 13.1. The number of hydrogen-bond donors (Lipinski definition) is 0. The minimum absolute atomic E-state index is 0.0699. The highest BCUT2D eigenvalue weighted by molar-refractivity contribution is 5.93. The Hall–Kier alpha value is -1.83. The molecule has 68 valence electrons. The van der Waals surface area contributed by atoms with E-state index < -0.39 is 0 Å². The summed E-state index contributed by atoms with van der Waals surface area (Å²) in [7, 11) is 0. The number of halogens is 1. The second-order valence-electron chi connectivity index (χ2n) is 3.37. The van der Waals surface area contributed by atoms with E-state index in [1.807, 2.05) is 12.2 Å². The molecule has 14 heavy (non-hydrogen) atoms. The van der Waals surface area contributed by atoms with Crippen molar-refractivity contribution in [3.05, 3.63) is 58.3 Å². The molecule has 0 heterocycles. The summed E-state index contributed by atoms with van der Waals surface area (Å²) in [6, 6.07) is 4.35. The molecule has 1 aromatic rings. The predicted octanol–water partition coefficient (Wildman–Crippen LogP) is -0.0453. The van der Waals surface area contributed by atoms with Crippen molar-refractivity contribution >= 4 is 11.3 Å². The molecular formula is C12H6FO-. The molecule has 0 bridgehead atoms. The molecular weight excluding hydrogens is 179 g/mol. The fourth-order valence-electron chi connectivity index (χ4n) is 1.94. The fraction of sp³-hybridized carbons (Fsp3) is 0. The van der Waals surface area contributed by atoms with Crippen LogP contribution in [0.4, 0.5) is 4.39 Å². The van der Waals surface area contributed by atoms with E-state index in [2.05, 4.69) is 0 Å². The van der Waals surface area contributed by atoms with Gasteiger partial charge in [-0.05, 0) is 33.7 Å². The van der Waals surface area contributed by atoms with Crippen molar-refractivity contribution in [2.24, 2.45) is 0 Å². The van der Waals surface area contributed by atoms with Crippen LogP contribution in [0.1, 0.15) is 0 Å². The summed E-state index contributed by atoms with van der Waals surface area (Å²) in [6.07, 6.45) is 5.50. The van der Waals surface area contributed by atoms with Gasteiger partial charge in [-0.15, -0.1) is 0 Å². The maximum atomic E-state index is 12.9. The summed E-state index contributed by atoms with van der Waals surface area (Å²) >= 11 is 0. The molecule has 0 fully saturated rings. The van der Waals surface area contributed by atoms with E-state index in [0.717, 1.165) is 10.8 Å². The van der Waals surface area contributed by atoms with Crippen LogP contribution in [-0.2, 0) is 0 Å². The molecule has 0 radical (unpaired) electrons. The second-order valence-corrected chi connectivity index (χ2v) is 3.37. The first-order valence-electron chi connectivity index (χ1n) is 4.38. The van der Waals surface area contributed by atoms with Gasteiger partial charge in [0.2, 0.25) is 0 Å². The fourth-order valence-corrected chi connectivity index (χ4v) is 1.94. The van der Waals surface area contributed by atoms with Crippen LogP contribution in [-0.4, -0.2) is 0 Å². The van der Waals surface area contributed by atoms with E-state index in [4.69, 9.17) is 0 Å². The summed E-state index contributed by atoms with van der Waals surface area (Å²) in [5.41, 5.74) is 1.61. The lowest BCUT2D eigenvalue weighted by atomic mass is 10.1. The lowest BCUT2D eigenvalue weighted by Crippen LogP contribution is -2.27. The molecule has 2 aliphatic rings. The molecule has 0 spiro atoms. The Balaban J connectivity index is 2.57. The smallest absolute Gasteiger partial charge is 0.123 e. The van der Waals surface area contributed by atoms with Gasteiger partial charge in [0.05, 0.1) is 0 Å². The molecule has 1 nitrogen and oxygen atoms in total. The predicted molar refractivity (Wildman–Crippen MR) is 49.7 cm³/mol. The molecule has 0 N–H and O–H groups in total. The first-order chi connectivity index (χ1) is 6.77. The normalized spacial score (nSPS) is 17.1. The van der Waals surface area contributed by atoms with Crippen molar-refractivity contribution in [2.75, 3.05) is 0 Å². The van der Waals surface area contributed by atoms with Gasteiger partial charge in [-0.1, -0.05) is 30.1 Å². The SMILES string of the molecule is [O-]C1=c2cc(F)ccc2=C2C=CC=C12. The van der Waals surface area contributed by atoms with Gasteiger partial charge < -0.3 is 5.11 Å². The average molecular weight is 185 g/mol. The highest BCUT2D eigenvalue weighted by atomic mass is 19.1. The van der Waals surface area contributed by atoms with Gasteiger partial charge in [-0.3, -0.25) is 0 Å². The Morgan fingerprint density at radius 3 is 2.86 bits per heavy atom. The number of allylic oxidation sites excluding steroid dienone is 3. The molecule has 0 saturated carbocycles. The first kappa shape index (κ1) is 7.56. The molecule has 0 aliphatic heterocycles. The van der Waals surface area contributed by atoms with Crippen molar-refractivity contribution in [1.82, 2.24) is 0 Å². The van der Waals surface area contributed by atoms with E-state index in [-0.39, 0.29) is 11.6 Å². The van der Waals surface area contributed by atoms with Gasteiger partial charge in [0.1, 0.15) is 5.82 Å². The largest absolute Gasteiger partial charge is 0.872 e. The van der Waals surface area contributed by atoms with Crippen molar-refractivity contribution in [3.8, 4) is 0 Å². The van der Waals surface area contributed by atoms with Crippen LogP contribution in [0.5, 0.6) is 0 Å². The van der Waals surface area contributed by atoms with E-state index in [1.54, 1.807) is 12.1 Å². The Labute approximate surface area is 79.8 Å². The van der Waals surface area contributed by atoms with Crippen LogP contribution in [0, 0.1) is 5.82 Å². The summed E-state index contributed by atoms with van der Waals surface area (Å²) in [6.45, 7) is 0. The van der Waals surface area contributed by atoms with Gasteiger partial charge in [0.15, 0.2) is 0 Å². The molecule has 2 aliphatic carbocycles. The van der Waals surface area contributed by atoms with Crippen LogP contribution < -0.4 is 15.5 Å². The van der Waals surface area contributed by atoms with Crippen LogP contribution in [0.25, 0.3) is 11.3 Å². The Bertz CT molecular complexity index is 606. The Morgan fingerprint density at radius 1 is 1.14 bits per heavy atom. The minimum atomic E-state index is -0.359. The summed E-state index contributed by atoms with van der Waals surface area (Å²) in [4.78, 5) is 0. The summed E-state index contributed by atoms with van der Waals surface area (Å²) in [5.74, 6) is -0.429. The molecule has 0 unspecified atom stereocenters. The number of fused-ring (bicyclic) bond motifs is 2. The van der Waals surface area contributed by atoms with Crippen LogP contribution >= 0.6 is 0 Å². The van der Waals surface area contributed by atoms with Crippen LogP contribution in [0.2, 0.25) is 0 Å². The van der Waals surface area contributed by atoms with Gasteiger partial charge in [-0.2, -0.15) is 0 Å². The standard InChI is InChI=1S/C12H7FO/c13-7-4-5-9-8-2-1-3-10(8)12(14)11(9)6-7/h1-6,14H/p-1. The zero-order chi connectivity index (χ0) is 9.71. The van der Waals surface area contributed by atoms with Crippen molar-refractivity contribution in [2.45, 2.75) is 0 Å². The zero-order valence-electron chi connectivity index (χ0n) is 7.25. The van der Waals surface area contributed by atoms with Gasteiger partial charge in [0.25, 0.3) is 0 Å². The molecule has 2 heteroatoms. The van der Waals surface area contributed by atoms with Crippen molar-refractivity contribution in [1.29, 1.82) is 0 Å². The molecule has 1 aromatic carbocycles. The maximum Gasteiger partial charge on any atom is 0.123 e. The second kappa shape index (κ2) is 2.35. The number of benzene rings is 1. The van der Waals surface area contributed by atoms with Crippen LogP contribution in [0.15, 0.2) is 42.0 Å². The zero-order valence-corrected chi connectivity index (χ0v) is 7.25. The number of hydrogen-bond acceptors (Lipinski definition) is 1. The third-order valence-electron chi connectivity index (χ3n) is 2.58. The third-order valence-corrected chi connectivity index (χ3v) is 2.58. The third kappa shape index (κ3) is 0.777. The Morgan fingerprint density at radius 2 is 2.00 bits per heavy atom. The highest BCUT2D eigenvalue weighted by Gasteiger charge is 2.13. The Kier molecular flexibility index (Phi) is 1.27. The molecule has 3 rings (SSSR count). The maximum absolute atomic E-state index is 12.9. The molecule has 0 amide bonds. The molecule has 0 aromatic heterocycles. The minimum Gasteiger partial charge on any atom is -0.872 e. The first-order valence-corrected chi connectivity index (χ1v) is 4.38. The van der Waals surface area contributed by atoms with E-state index in [0.29, 0.717) is 10.8 Å². The molecule has 0 saturated heterocycles. The topological polar surface area (TPSA) is 23.1 Å². The monoisotopic (exact) mass is 185 g/mol. The highest BCUT2D eigenvalue weighted by Crippen LogP contribution is 2.24. The quantitative estimate of drug-likeness (QED) is 0.556. The summed E-state index contributed by atoms with van der Waals surface area (Å²) < 4.78 is 12.9. The van der Waals surface area contributed by atoms with E-state index in [1.165, 1.54) is 12.1 Å². The van der Waals surface area contributed by atoms with Crippen molar-refractivity contribution < 1.29 is 9.50 Å².